The molecule has 0 aliphatic carbocycles. The molecule has 0 heterocycles. The number of nitrogens with one attached hydrogen (secondary N) is 1. The normalized spacial score (nSPS) is 12.0. The lowest BCUT2D eigenvalue weighted by atomic mass is 10.0. The van der Waals surface area contributed by atoms with Crippen LogP contribution < -0.4 is 5.32 Å². The van der Waals surface area contributed by atoms with Crippen molar-refractivity contribution in [2.75, 3.05) is 6.54 Å². The van der Waals surface area contributed by atoms with E-state index in [0.29, 0.717) is 17.0 Å². The lowest BCUT2D eigenvalue weighted by molar-refractivity contribution is -0.141. The molecule has 0 fully saturated rings. The maximum Gasteiger partial charge on any atom is 0.308 e. The first-order valence-electron chi connectivity index (χ1n) is 6.64. The minimum Gasteiger partial charge on any atom is -0.481 e. The third-order valence-electron chi connectivity index (χ3n) is 3.32. The molecule has 0 radical (unpaired) electrons. The Balaban J connectivity index is 2.76. The summed E-state index contributed by atoms with van der Waals surface area (Å²) in [7, 11) is 0. The zero-order chi connectivity index (χ0) is 15.3. The van der Waals surface area contributed by atoms with E-state index >= 15 is 0 Å². The van der Waals surface area contributed by atoms with Gasteiger partial charge in [0.05, 0.1) is 16.5 Å². The predicted molar refractivity (Wildman–Crippen MR) is 79.3 cm³/mol. The fraction of sp³-hybridized carbons (Fsp3) is 0.467. The average molecular weight is 298 g/mol. The molecule has 0 aliphatic rings. The number of carbonyl (C=O) groups excluding carboxylic acids is 1. The van der Waals surface area contributed by atoms with Gasteiger partial charge in [0.15, 0.2) is 0 Å². The summed E-state index contributed by atoms with van der Waals surface area (Å²) in [5, 5.41) is 12.1. The molecule has 1 rings (SSSR count). The van der Waals surface area contributed by atoms with Crippen molar-refractivity contribution in [3.05, 3.63) is 33.8 Å². The monoisotopic (exact) mass is 297 g/mol. The van der Waals surface area contributed by atoms with E-state index in [1.807, 2.05) is 20.8 Å². The SMILES string of the molecule is CCCC(CNC(=O)c1cc(C)c(C)cc1Cl)C(=O)O. The highest BCUT2D eigenvalue weighted by Gasteiger charge is 2.19. The van der Waals surface area contributed by atoms with Gasteiger partial charge in [-0.05, 0) is 43.5 Å². The van der Waals surface area contributed by atoms with E-state index in [9.17, 15) is 9.59 Å². The average Bonchev–Trinajstić information content (AvgIpc) is 2.38. The Labute approximate surface area is 124 Å². The second kappa shape index (κ2) is 7.29. The number of hydrogen-bond donors (Lipinski definition) is 2. The molecule has 0 spiro atoms. The Hall–Kier alpha value is -1.55. The van der Waals surface area contributed by atoms with Crippen LogP contribution in [-0.2, 0) is 4.79 Å². The van der Waals surface area contributed by atoms with Crippen molar-refractivity contribution in [3.63, 3.8) is 0 Å². The Kier molecular flexibility index (Phi) is 6.02. The number of hydrogen-bond acceptors (Lipinski definition) is 2. The van der Waals surface area contributed by atoms with Crippen LogP contribution in [0.15, 0.2) is 12.1 Å². The number of aryl methyl sites for hydroxylation is 2. The van der Waals surface area contributed by atoms with Gasteiger partial charge in [-0.15, -0.1) is 0 Å². The van der Waals surface area contributed by atoms with Crippen LogP contribution in [-0.4, -0.2) is 23.5 Å². The van der Waals surface area contributed by atoms with E-state index in [4.69, 9.17) is 16.7 Å². The standard InChI is InChI=1S/C15H20ClNO3/c1-4-5-11(15(19)20)8-17-14(18)12-6-9(2)10(3)7-13(12)16/h6-7,11H,4-5,8H2,1-3H3,(H,17,18)(H,19,20). The van der Waals surface area contributed by atoms with Crippen molar-refractivity contribution in [2.24, 2.45) is 5.92 Å². The molecule has 5 heteroatoms. The van der Waals surface area contributed by atoms with Gasteiger partial charge in [0, 0.05) is 6.54 Å². The largest absolute Gasteiger partial charge is 0.481 e. The number of rotatable bonds is 6. The van der Waals surface area contributed by atoms with Crippen LogP contribution >= 0.6 is 11.6 Å². The highest BCUT2D eigenvalue weighted by atomic mass is 35.5. The molecule has 0 aromatic heterocycles. The summed E-state index contributed by atoms with van der Waals surface area (Å²) in [6.45, 7) is 5.85. The highest BCUT2D eigenvalue weighted by Crippen LogP contribution is 2.21. The Morgan fingerprint density at radius 1 is 1.30 bits per heavy atom. The summed E-state index contributed by atoms with van der Waals surface area (Å²) in [5.41, 5.74) is 2.37. The van der Waals surface area contributed by atoms with Gasteiger partial charge in [-0.3, -0.25) is 9.59 Å². The fourth-order valence-corrected chi connectivity index (χ4v) is 2.23. The zero-order valence-corrected chi connectivity index (χ0v) is 12.8. The first kappa shape index (κ1) is 16.5. The summed E-state index contributed by atoms with van der Waals surface area (Å²) in [4.78, 5) is 23.1. The lowest BCUT2D eigenvalue weighted by Gasteiger charge is -2.13. The van der Waals surface area contributed by atoms with E-state index in [-0.39, 0.29) is 12.5 Å². The molecule has 1 atom stereocenters. The Morgan fingerprint density at radius 2 is 1.90 bits per heavy atom. The molecule has 20 heavy (non-hydrogen) atoms. The van der Waals surface area contributed by atoms with Crippen molar-refractivity contribution in [3.8, 4) is 0 Å². The zero-order valence-electron chi connectivity index (χ0n) is 12.0. The number of halogens is 1. The van der Waals surface area contributed by atoms with E-state index in [1.165, 1.54) is 0 Å². The minimum absolute atomic E-state index is 0.116. The molecular weight excluding hydrogens is 278 g/mol. The van der Waals surface area contributed by atoms with E-state index in [1.54, 1.807) is 12.1 Å². The summed E-state index contributed by atoms with van der Waals surface area (Å²) in [5.74, 6) is -1.78. The molecule has 1 unspecified atom stereocenters. The number of aliphatic carboxylic acids is 1. The van der Waals surface area contributed by atoms with Crippen LogP contribution in [0, 0.1) is 19.8 Å². The predicted octanol–water partition coefficient (Wildman–Crippen LogP) is 3.19. The Morgan fingerprint density at radius 3 is 2.45 bits per heavy atom. The third kappa shape index (κ3) is 4.23. The quantitative estimate of drug-likeness (QED) is 0.847. The van der Waals surface area contributed by atoms with E-state index < -0.39 is 11.9 Å². The second-order valence-corrected chi connectivity index (χ2v) is 5.36. The van der Waals surface area contributed by atoms with Crippen LogP contribution in [0.3, 0.4) is 0 Å². The number of amides is 1. The van der Waals surface area contributed by atoms with Crippen LogP contribution in [0.5, 0.6) is 0 Å². The third-order valence-corrected chi connectivity index (χ3v) is 3.64. The van der Waals surface area contributed by atoms with Gasteiger partial charge in [-0.2, -0.15) is 0 Å². The van der Waals surface area contributed by atoms with Crippen molar-refractivity contribution >= 4 is 23.5 Å². The molecule has 1 amide bonds. The molecule has 110 valence electrons. The summed E-state index contributed by atoms with van der Waals surface area (Å²) in [6.07, 6.45) is 1.30. The van der Waals surface area contributed by atoms with Gasteiger partial charge in [0.1, 0.15) is 0 Å². The van der Waals surface area contributed by atoms with Crippen LogP contribution in [0.1, 0.15) is 41.3 Å². The van der Waals surface area contributed by atoms with Crippen molar-refractivity contribution in [2.45, 2.75) is 33.6 Å². The number of carboxylic acids is 1. The van der Waals surface area contributed by atoms with Gasteiger partial charge >= 0.3 is 5.97 Å². The van der Waals surface area contributed by atoms with E-state index in [0.717, 1.165) is 17.5 Å². The van der Waals surface area contributed by atoms with Gasteiger partial charge in [-0.25, -0.2) is 0 Å². The first-order chi connectivity index (χ1) is 9.36. The second-order valence-electron chi connectivity index (χ2n) is 4.95. The molecule has 0 bridgehead atoms. The molecule has 1 aromatic carbocycles. The van der Waals surface area contributed by atoms with Gasteiger partial charge < -0.3 is 10.4 Å². The summed E-state index contributed by atoms with van der Waals surface area (Å²) >= 11 is 6.06. The topological polar surface area (TPSA) is 66.4 Å². The number of benzene rings is 1. The highest BCUT2D eigenvalue weighted by molar-refractivity contribution is 6.34. The maximum absolute atomic E-state index is 12.1. The lowest BCUT2D eigenvalue weighted by Crippen LogP contribution is -2.33. The molecule has 1 aromatic rings. The number of carbonyl (C=O) groups is 2. The van der Waals surface area contributed by atoms with Crippen molar-refractivity contribution in [1.82, 2.24) is 5.32 Å². The summed E-state index contributed by atoms with van der Waals surface area (Å²) < 4.78 is 0. The van der Waals surface area contributed by atoms with Crippen LogP contribution in [0.4, 0.5) is 0 Å². The van der Waals surface area contributed by atoms with Crippen LogP contribution in [0.25, 0.3) is 0 Å². The smallest absolute Gasteiger partial charge is 0.308 e. The summed E-state index contributed by atoms with van der Waals surface area (Å²) in [6, 6.07) is 3.47. The molecule has 0 aliphatic heterocycles. The molecule has 4 nitrogen and oxygen atoms in total. The van der Waals surface area contributed by atoms with Gasteiger partial charge in [-0.1, -0.05) is 24.9 Å². The van der Waals surface area contributed by atoms with Gasteiger partial charge in [0.25, 0.3) is 5.91 Å². The fourth-order valence-electron chi connectivity index (χ4n) is 1.93. The molecular formula is C15H20ClNO3. The molecule has 0 saturated carbocycles. The number of carboxylic acid groups (broad SMARTS) is 1. The first-order valence-corrected chi connectivity index (χ1v) is 7.02. The maximum atomic E-state index is 12.1. The molecule has 2 N–H and O–H groups in total. The Bertz CT molecular complexity index is 514. The van der Waals surface area contributed by atoms with Gasteiger partial charge in [0.2, 0.25) is 0 Å². The molecule has 0 saturated heterocycles. The van der Waals surface area contributed by atoms with E-state index in [2.05, 4.69) is 5.32 Å². The van der Waals surface area contributed by atoms with Crippen molar-refractivity contribution < 1.29 is 14.7 Å². The minimum atomic E-state index is -0.890. The van der Waals surface area contributed by atoms with Crippen LogP contribution in [0.2, 0.25) is 5.02 Å². The van der Waals surface area contributed by atoms with Crippen molar-refractivity contribution in [1.29, 1.82) is 0 Å².